The van der Waals surface area contributed by atoms with Crippen LogP contribution in [0.2, 0.25) is 0 Å². The van der Waals surface area contributed by atoms with Gasteiger partial charge >= 0.3 is 40.3 Å². The Hall–Kier alpha value is 0.920. The molecule has 4 heteroatoms. The quantitative estimate of drug-likeness (QED) is 0.431. The van der Waals surface area contributed by atoms with Gasteiger partial charge in [0.1, 0.15) is 0 Å². The summed E-state index contributed by atoms with van der Waals surface area (Å²) in [6, 6.07) is 0. The van der Waals surface area contributed by atoms with Crippen LogP contribution in [-0.4, -0.2) is 8.47 Å². The Labute approximate surface area is 40.8 Å². The van der Waals surface area contributed by atoms with Gasteiger partial charge in [0.25, 0.3) is 0 Å². The molecular formula is H2CoNiO2. The molecule has 0 aliphatic rings. The fourth-order valence-electron chi connectivity index (χ4n) is 0. The Morgan fingerprint density at radius 3 is 1.25 bits per heavy atom. The van der Waals surface area contributed by atoms with E-state index in [4.69, 9.17) is 8.47 Å². The minimum absolute atomic E-state index is 2.56. The molecule has 0 spiro atoms. The van der Waals surface area contributed by atoms with Crippen LogP contribution in [0.3, 0.4) is 0 Å². The molecule has 2 N–H and O–H groups in total. The van der Waals surface area contributed by atoms with Crippen molar-refractivity contribution in [3.05, 3.63) is 0 Å². The van der Waals surface area contributed by atoms with E-state index < -0.39 is 0 Å². The van der Waals surface area contributed by atoms with Gasteiger partial charge in [-0.3, -0.25) is 0 Å². The molecule has 0 aliphatic carbocycles. The normalized spacial score (nSPS) is 3.50. The maximum atomic E-state index is 6.69. The van der Waals surface area contributed by atoms with Crippen LogP contribution in [0.25, 0.3) is 0 Å². The molecule has 4 heavy (non-hydrogen) atoms. The molecule has 0 unspecified atom stereocenters. The summed E-state index contributed by atoms with van der Waals surface area (Å²) in [5.41, 5.74) is 0. The molecule has 0 fully saturated rings. The molecule has 0 aromatic carbocycles. The first kappa shape index (κ1) is 8.87. The molecule has 0 saturated carbocycles. The summed E-state index contributed by atoms with van der Waals surface area (Å²) in [5, 5.41) is 0. The second-order valence-corrected chi connectivity index (χ2v) is 0. The molecule has 0 rings (SSSR count). The third kappa shape index (κ3) is 12.7. The molecule has 0 aliphatic heterocycles. The number of hydrogen-bond acceptors (Lipinski definition) is 2. The van der Waals surface area contributed by atoms with E-state index in [0.29, 0.717) is 0 Å². The van der Waals surface area contributed by atoms with Crippen LogP contribution in [0.1, 0.15) is 0 Å². The third-order valence-electron chi connectivity index (χ3n) is 0. The van der Waals surface area contributed by atoms with E-state index in [1.807, 2.05) is 0 Å². The molecule has 2 nitrogen and oxygen atoms in total. The molecule has 33 valence electrons. The first-order chi connectivity index (χ1) is 2.00. The van der Waals surface area contributed by atoms with Crippen molar-refractivity contribution < 1.29 is 40.3 Å². The maximum absolute atomic E-state index is 6.69. The van der Waals surface area contributed by atoms with Crippen molar-refractivity contribution in [3.63, 3.8) is 0 Å². The van der Waals surface area contributed by atoms with E-state index in [1.54, 1.807) is 0 Å². The molecule has 0 radical (unpaired) electrons. The molecule has 0 aromatic heterocycles. The van der Waals surface area contributed by atoms with Crippen molar-refractivity contribution in [2.45, 2.75) is 0 Å². The summed E-state index contributed by atoms with van der Waals surface area (Å²) in [5.74, 6) is 0. The van der Waals surface area contributed by atoms with Crippen LogP contribution < -0.4 is 0 Å². The Morgan fingerprint density at radius 1 is 1.25 bits per heavy atom. The number of rotatable bonds is 0. The van der Waals surface area contributed by atoms with Gasteiger partial charge in [-0.15, -0.1) is 0 Å². The SMILES string of the molecule is [OH][Co].[OH][Ni]. The zero-order valence-electron chi connectivity index (χ0n) is 1.54. The molecular weight excluding hydrogens is 150 g/mol. The summed E-state index contributed by atoms with van der Waals surface area (Å²) in [7, 11) is 0. The van der Waals surface area contributed by atoms with Gasteiger partial charge in [0.15, 0.2) is 0 Å². The van der Waals surface area contributed by atoms with Crippen molar-refractivity contribution in [1.82, 2.24) is 0 Å². The predicted molar refractivity (Wildman–Crippen MR) is 4.44 cm³/mol. The van der Waals surface area contributed by atoms with Crippen LogP contribution in [0.5, 0.6) is 0 Å². The van der Waals surface area contributed by atoms with Crippen LogP contribution in [0, 0.1) is 0 Å². The molecule has 0 aromatic rings. The molecule has 0 amide bonds. The minimum atomic E-state index is 2.56. The second kappa shape index (κ2) is 39.5. The van der Waals surface area contributed by atoms with Crippen molar-refractivity contribution in [3.8, 4) is 0 Å². The van der Waals surface area contributed by atoms with Crippen LogP contribution in [0.15, 0.2) is 0 Å². The van der Waals surface area contributed by atoms with Gasteiger partial charge in [-0.2, -0.15) is 0 Å². The van der Waals surface area contributed by atoms with Crippen LogP contribution in [0.4, 0.5) is 0 Å². The van der Waals surface area contributed by atoms with E-state index >= 15 is 0 Å². The average molecular weight is 152 g/mol. The van der Waals surface area contributed by atoms with Crippen molar-refractivity contribution in [2.24, 2.45) is 0 Å². The van der Waals surface area contributed by atoms with Crippen LogP contribution >= 0.6 is 0 Å². The Kier molecular flexibility index (Phi) is 87.5. The van der Waals surface area contributed by atoms with Crippen molar-refractivity contribution in [1.29, 1.82) is 0 Å². The van der Waals surface area contributed by atoms with Gasteiger partial charge in [-0.1, -0.05) is 0 Å². The van der Waals surface area contributed by atoms with E-state index in [2.05, 4.69) is 31.9 Å². The second-order valence-electron chi connectivity index (χ2n) is 0. The summed E-state index contributed by atoms with van der Waals surface area (Å²) < 4.78 is 13.3. The fraction of sp³-hybridized carbons (Fsp3) is 0. The molecule has 0 bridgehead atoms. The first-order valence-corrected chi connectivity index (χ1v) is 1.20. The average Bonchev–Trinajstić information content (AvgIpc) is 1.50. The van der Waals surface area contributed by atoms with Gasteiger partial charge in [0.2, 0.25) is 0 Å². The van der Waals surface area contributed by atoms with E-state index in [9.17, 15) is 0 Å². The van der Waals surface area contributed by atoms with Gasteiger partial charge < -0.3 is 0 Å². The first-order valence-electron chi connectivity index (χ1n) is 0.290. The monoisotopic (exact) mass is 151 g/mol. The number of hydrogen-bond donors (Lipinski definition) is 2. The van der Waals surface area contributed by atoms with E-state index in [1.165, 1.54) is 0 Å². The fourth-order valence-corrected chi connectivity index (χ4v) is 0. The van der Waals surface area contributed by atoms with Gasteiger partial charge in [0, 0.05) is 0 Å². The summed E-state index contributed by atoms with van der Waals surface area (Å²) in [6.07, 6.45) is 0. The molecule has 0 atom stereocenters. The molecule has 0 saturated heterocycles. The Balaban J connectivity index is 0. The van der Waals surface area contributed by atoms with E-state index in [0.717, 1.165) is 0 Å². The van der Waals surface area contributed by atoms with Crippen molar-refractivity contribution >= 4 is 0 Å². The van der Waals surface area contributed by atoms with Gasteiger partial charge in [0.05, 0.1) is 0 Å². The summed E-state index contributed by atoms with van der Waals surface area (Å²) in [4.78, 5) is 0. The van der Waals surface area contributed by atoms with Crippen molar-refractivity contribution in [2.75, 3.05) is 0 Å². The Morgan fingerprint density at radius 2 is 1.25 bits per heavy atom. The standard InChI is InChI=1S/Co.Ni.2H2O/h;;2*1H2/q2*+1;;/p-2. The third-order valence-corrected chi connectivity index (χ3v) is 0. The summed E-state index contributed by atoms with van der Waals surface area (Å²) in [6.45, 7) is 0. The van der Waals surface area contributed by atoms with Gasteiger partial charge in [-0.25, -0.2) is 0 Å². The van der Waals surface area contributed by atoms with Gasteiger partial charge in [-0.05, 0) is 0 Å². The summed E-state index contributed by atoms with van der Waals surface area (Å²) >= 11 is 5.44. The van der Waals surface area contributed by atoms with Crippen LogP contribution in [-0.2, 0) is 31.9 Å². The zero-order valence-corrected chi connectivity index (χ0v) is 3.57. The van der Waals surface area contributed by atoms with E-state index in [-0.39, 0.29) is 0 Å². The molecule has 0 heterocycles. The zero-order chi connectivity index (χ0) is 4.00. The Bertz CT molecular complexity index is 6.00. The topological polar surface area (TPSA) is 40.5 Å². The predicted octanol–water partition coefficient (Wildman–Crippen LogP) is -1.12.